The van der Waals surface area contributed by atoms with Crippen LogP contribution in [0, 0.1) is 11.3 Å². The van der Waals surface area contributed by atoms with E-state index in [-0.39, 0.29) is 28.1 Å². The molecule has 2 aromatic rings. The highest BCUT2D eigenvalue weighted by molar-refractivity contribution is 7.90. The number of nitrogens with zero attached hydrogens (tertiary/aromatic N) is 4. The lowest BCUT2D eigenvalue weighted by Gasteiger charge is -2.28. The Morgan fingerprint density at radius 1 is 1.09 bits per heavy atom. The monoisotopic (exact) mass is 476 g/mol. The first-order valence-electron chi connectivity index (χ1n) is 11.5. The molecule has 0 unspecified atom stereocenters. The van der Waals surface area contributed by atoms with Gasteiger partial charge in [-0.1, -0.05) is 65.0 Å². The highest BCUT2D eigenvalue weighted by Crippen LogP contribution is 2.23. The van der Waals surface area contributed by atoms with Crippen LogP contribution >= 0.6 is 0 Å². The molecule has 33 heavy (non-hydrogen) atoms. The average molecular weight is 477 g/mol. The summed E-state index contributed by atoms with van der Waals surface area (Å²) in [6, 6.07) is 9.15. The van der Waals surface area contributed by atoms with Crippen LogP contribution in [0.1, 0.15) is 52.3 Å². The first-order valence-corrected chi connectivity index (χ1v) is 13.2. The summed E-state index contributed by atoms with van der Waals surface area (Å²) in [5.41, 5.74) is 1.35. The van der Waals surface area contributed by atoms with E-state index in [0.29, 0.717) is 26.1 Å². The van der Waals surface area contributed by atoms with Gasteiger partial charge in [0, 0.05) is 26.1 Å². The van der Waals surface area contributed by atoms with E-state index in [9.17, 15) is 13.2 Å². The summed E-state index contributed by atoms with van der Waals surface area (Å²) in [5, 5.41) is 0.0749. The lowest BCUT2D eigenvalue weighted by molar-refractivity contribution is -0.134. The molecule has 0 aliphatic heterocycles. The summed E-state index contributed by atoms with van der Waals surface area (Å²) >= 11 is 0. The topological polar surface area (TPSA) is 75.5 Å². The maximum Gasteiger partial charge on any atom is 0.228 e. The van der Waals surface area contributed by atoms with Gasteiger partial charge in [0.2, 0.25) is 20.9 Å². The number of rotatable bonds is 11. The molecule has 1 heterocycles. The van der Waals surface area contributed by atoms with E-state index in [2.05, 4.69) is 4.98 Å². The zero-order valence-corrected chi connectivity index (χ0v) is 22.0. The van der Waals surface area contributed by atoms with Gasteiger partial charge in [-0.05, 0) is 31.0 Å². The van der Waals surface area contributed by atoms with Crippen LogP contribution in [0.15, 0.2) is 41.7 Å². The summed E-state index contributed by atoms with van der Waals surface area (Å²) in [7, 11) is 0.313. The molecule has 1 aromatic carbocycles. The smallest absolute Gasteiger partial charge is 0.228 e. The molecule has 0 atom stereocenters. The number of aromatic nitrogens is 2. The third-order valence-corrected chi connectivity index (χ3v) is 6.73. The second-order valence-corrected chi connectivity index (χ2v) is 12.5. The van der Waals surface area contributed by atoms with E-state index in [1.54, 1.807) is 10.8 Å². The van der Waals surface area contributed by atoms with Crippen molar-refractivity contribution in [2.45, 2.75) is 65.0 Å². The van der Waals surface area contributed by atoms with Crippen molar-refractivity contribution in [3.05, 3.63) is 47.8 Å². The van der Waals surface area contributed by atoms with Gasteiger partial charge in [-0.15, -0.1) is 0 Å². The molecule has 0 bridgehead atoms. The first-order chi connectivity index (χ1) is 15.3. The van der Waals surface area contributed by atoms with Gasteiger partial charge in [-0.25, -0.2) is 13.4 Å². The lowest BCUT2D eigenvalue weighted by atomic mass is 9.91. The summed E-state index contributed by atoms with van der Waals surface area (Å²) in [6.07, 6.45) is 2.05. The van der Waals surface area contributed by atoms with Crippen LogP contribution < -0.4 is 0 Å². The summed E-state index contributed by atoms with van der Waals surface area (Å²) in [5.74, 6) is 0.190. The van der Waals surface area contributed by atoms with E-state index in [4.69, 9.17) is 0 Å². The number of carbonyl (C=O) groups excluding carboxylic acids is 1. The molecule has 0 N–H and O–H groups in total. The Balaban J connectivity index is 2.39. The minimum Gasteiger partial charge on any atom is -0.336 e. The van der Waals surface area contributed by atoms with Crippen LogP contribution in [0.4, 0.5) is 0 Å². The van der Waals surface area contributed by atoms with Gasteiger partial charge in [-0.3, -0.25) is 4.79 Å². The second-order valence-electron chi connectivity index (χ2n) is 10.6. The van der Waals surface area contributed by atoms with E-state index in [0.717, 1.165) is 17.8 Å². The van der Waals surface area contributed by atoms with Crippen LogP contribution in [-0.4, -0.2) is 60.9 Å². The number of likely N-dealkylation sites (N-methyl/N-ethyl adjacent to an activating group) is 1. The van der Waals surface area contributed by atoms with Crippen molar-refractivity contribution in [1.82, 2.24) is 19.4 Å². The highest BCUT2D eigenvalue weighted by atomic mass is 32.2. The Bertz CT molecular complexity index is 1010. The summed E-state index contributed by atoms with van der Waals surface area (Å²) < 4.78 is 28.3. The van der Waals surface area contributed by atoms with Gasteiger partial charge < -0.3 is 14.4 Å². The normalized spacial score (nSPS) is 12.5. The SMILES string of the molecule is CC(C)Cn1c(CN(CCN(C)C)C(=O)CC(C)(C)C)cnc1S(=O)(=O)Cc1ccccc1. The third-order valence-electron chi connectivity index (χ3n) is 5.13. The van der Waals surface area contributed by atoms with Gasteiger partial charge in [0.1, 0.15) is 0 Å². The Labute approximate surface area is 199 Å². The fourth-order valence-electron chi connectivity index (χ4n) is 3.56. The number of imidazole rings is 1. The van der Waals surface area contributed by atoms with Crippen LogP contribution in [-0.2, 0) is 33.5 Å². The second kappa shape index (κ2) is 11.3. The van der Waals surface area contributed by atoms with Crippen molar-refractivity contribution < 1.29 is 13.2 Å². The molecule has 1 aromatic heterocycles. The van der Waals surface area contributed by atoms with Crippen LogP contribution in [0.25, 0.3) is 0 Å². The lowest BCUT2D eigenvalue weighted by Crippen LogP contribution is -2.38. The zero-order valence-electron chi connectivity index (χ0n) is 21.2. The van der Waals surface area contributed by atoms with Crippen molar-refractivity contribution in [3.8, 4) is 0 Å². The van der Waals surface area contributed by atoms with Crippen molar-refractivity contribution in [2.24, 2.45) is 11.3 Å². The Morgan fingerprint density at radius 2 is 1.73 bits per heavy atom. The standard InChI is InChI=1S/C25H40N4O3S/c1-20(2)17-29-22(18-28(14-13-27(6)7)23(30)15-25(3,4)5)16-26-24(29)33(31,32)19-21-11-9-8-10-12-21/h8-12,16,20H,13-15,17-19H2,1-7H3. The largest absolute Gasteiger partial charge is 0.336 e. The summed E-state index contributed by atoms with van der Waals surface area (Å²) in [6.45, 7) is 12.4. The van der Waals surface area contributed by atoms with Crippen LogP contribution in [0.2, 0.25) is 0 Å². The Morgan fingerprint density at radius 3 is 2.27 bits per heavy atom. The van der Waals surface area contributed by atoms with Gasteiger partial charge in [0.25, 0.3) is 0 Å². The third kappa shape index (κ3) is 8.59. The zero-order chi connectivity index (χ0) is 24.8. The maximum atomic E-state index is 13.3. The molecular weight excluding hydrogens is 436 g/mol. The first kappa shape index (κ1) is 27.1. The average Bonchev–Trinajstić information content (AvgIpc) is 3.06. The molecule has 8 heteroatoms. The number of benzene rings is 1. The minimum absolute atomic E-state index is 0.0651. The van der Waals surface area contributed by atoms with Crippen molar-refractivity contribution in [3.63, 3.8) is 0 Å². The van der Waals surface area contributed by atoms with Gasteiger partial charge >= 0.3 is 0 Å². The number of carbonyl (C=O) groups is 1. The minimum atomic E-state index is -3.64. The predicted octanol–water partition coefficient (Wildman–Crippen LogP) is 3.84. The van der Waals surface area contributed by atoms with Gasteiger partial charge in [0.15, 0.2) is 0 Å². The molecule has 0 spiro atoms. The van der Waals surface area contributed by atoms with E-state index >= 15 is 0 Å². The predicted molar refractivity (Wildman–Crippen MR) is 132 cm³/mol. The Kier molecular flexibility index (Phi) is 9.26. The molecular formula is C25H40N4O3S. The van der Waals surface area contributed by atoms with Crippen LogP contribution in [0.3, 0.4) is 0 Å². The molecule has 184 valence electrons. The van der Waals surface area contributed by atoms with Gasteiger partial charge in [-0.2, -0.15) is 0 Å². The molecule has 1 amide bonds. The summed E-state index contributed by atoms with van der Waals surface area (Å²) in [4.78, 5) is 21.3. The fraction of sp³-hybridized carbons (Fsp3) is 0.600. The molecule has 0 fully saturated rings. The number of hydrogen-bond acceptors (Lipinski definition) is 5. The number of hydrogen-bond donors (Lipinski definition) is 0. The van der Waals surface area contributed by atoms with E-state index in [1.807, 2.05) is 88.8 Å². The van der Waals surface area contributed by atoms with E-state index < -0.39 is 9.84 Å². The number of sulfone groups is 1. The Hall–Kier alpha value is -2.19. The van der Waals surface area contributed by atoms with E-state index in [1.165, 1.54) is 0 Å². The molecule has 0 aliphatic rings. The maximum absolute atomic E-state index is 13.3. The molecule has 2 rings (SSSR count). The molecule has 0 aliphatic carbocycles. The number of amides is 1. The van der Waals surface area contributed by atoms with Crippen molar-refractivity contribution in [2.75, 3.05) is 27.2 Å². The van der Waals surface area contributed by atoms with Gasteiger partial charge in [0.05, 0.1) is 24.2 Å². The molecule has 0 saturated heterocycles. The molecule has 7 nitrogen and oxygen atoms in total. The van der Waals surface area contributed by atoms with Crippen LogP contribution in [0.5, 0.6) is 0 Å². The molecule has 0 saturated carbocycles. The fourth-order valence-corrected chi connectivity index (χ4v) is 5.06. The highest BCUT2D eigenvalue weighted by Gasteiger charge is 2.27. The van der Waals surface area contributed by atoms with Crippen molar-refractivity contribution >= 4 is 15.7 Å². The quantitative estimate of drug-likeness (QED) is 0.493. The molecule has 0 radical (unpaired) electrons. The van der Waals surface area contributed by atoms with Crippen molar-refractivity contribution in [1.29, 1.82) is 0 Å².